The summed E-state index contributed by atoms with van der Waals surface area (Å²) in [6, 6.07) is 46.6. The molecule has 0 aliphatic carbocycles. The maximum absolute atomic E-state index is 6.42. The molecule has 244 valence electrons. The second-order valence-corrected chi connectivity index (χ2v) is 12.4. The molecule has 5 aromatic carbocycles. The summed E-state index contributed by atoms with van der Waals surface area (Å²) in [4.78, 5) is 4.45. The minimum Gasteiger partial charge on any atom is -0.509 e. The number of aromatic nitrogens is 4. The van der Waals surface area contributed by atoms with Gasteiger partial charge in [0, 0.05) is 49.3 Å². The molecular weight excluding hydrogens is 784 g/mol. The van der Waals surface area contributed by atoms with Crippen LogP contribution in [0.15, 0.2) is 121 Å². The van der Waals surface area contributed by atoms with Gasteiger partial charge in [0.2, 0.25) is 0 Å². The van der Waals surface area contributed by atoms with Gasteiger partial charge in [0.15, 0.2) is 0 Å². The first-order chi connectivity index (χ1) is 23.4. The van der Waals surface area contributed by atoms with E-state index in [1.165, 1.54) is 11.1 Å². The average molecular weight is 817 g/mol. The van der Waals surface area contributed by atoms with Gasteiger partial charge in [-0.25, -0.2) is 0 Å². The predicted molar refractivity (Wildman–Crippen MR) is 193 cm³/mol. The van der Waals surface area contributed by atoms with Crippen LogP contribution in [-0.4, -0.2) is 19.3 Å². The van der Waals surface area contributed by atoms with Crippen molar-refractivity contribution in [2.24, 2.45) is 0 Å². The van der Waals surface area contributed by atoms with Crippen LogP contribution in [-0.2, 0) is 21.1 Å². The normalized spacial score (nSPS) is 11.3. The van der Waals surface area contributed by atoms with E-state index in [2.05, 4.69) is 141 Å². The summed E-state index contributed by atoms with van der Waals surface area (Å²) in [6.45, 7) is 8.50. The van der Waals surface area contributed by atoms with Crippen LogP contribution in [0.4, 0.5) is 0 Å². The second-order valence-electron chi connectivity index (χ2n) is 12.4. The third kappa shape index (κ3) is 6.00. The molecule has 8 aromatic rings. The number of pyridine rings is 1. The van der Waals surface area contributed by atoms with Gasteiger partial charge in [-0.05, 0) is 59.3 Å². The van der Waals surface area contributed by atoms with Crippen molar-refractivity contribution in [2.75, 3.05) is 0 Å². The van der Waals surface area contributed by atoms with Crippen molar-refractivity contribution < 1.29 is 25.8 Å². The molecule has 0 fully saturated rings. The number of ether oxygens (including phenoxy) is 1. The molecule has 0 N–H and O–H groups in total. The monoisotopic (exact) mass is 816 g/mol. The van der Waals surface area contributed by atoms with E-state index in [9.17, 15) is 0 Å². The molecule has 0 unspecified atom stereocenters. The van der Waals surface area contributed by atoms with Gasteiger partial charge >= 0.3 is 0 Å². The Kier molecular flexibility index (Phi) is 8.79. The van der Waals surface area contributed by atoms with Crippen molar-refractivity contribution in [1.82, 2.24) is 19.3 Å². The molecule has 5 nitrogen and oxygen atoms in total. The minimum atomic E-state index is 0. The molecule has 0 aliphatic rings. The molecule has 3 heterocycles. The zero-order valence-electron chi connectivity index (χ0n) is 27.6. The molecule has 8 rings (SSSR count). The van der Waals surface area contributed by atoms with Crippen molar-refractivity contribution in [1.29, 1.82) is 0 Å². The fourth-order valence-electron chi connectivity index (χ4n) is 6.51. The Morgan fingerprint density at radius 1 is 0.673 bits per heavy atom. The topological polar surface area (TPSA) is 44.9 Å². The van der Waals surface area contributed by atoms with Crippen molar-refractivity contribution >= 4 is 21.8 Å². The van der Waals surface area contributed by atoms with E-state index >= 15 is 0 Å². The average Bonchev–Trinajstić information content (AvgIpc) is 3.61. The van der Waals surface area contributed by atoms with Crippen LogP contribution in [0.2, 0.25) is 0 Å². The largest absolute Gasteiger partial charge is 0.509 e. The molecule has 0 bridgehead atoms. The van der Waals surface area contributed by atoms with E-state index in [0.717, 1.165) is 61.3 Å². The van der Waals surface area contributed by atoms with Gasteiger partial charge in [0.1, 0.15) is 0 Å². The quantitative estimate of drug-likeness (QED) is 0.151. The molecule has 0 amide bonds. The minimum absolute atomic E-state index is 0. The summed E-state index contributed by atoms with van der Waals surface area (Å²) >= 11 is 0. The van der Waals surface area contributed by atoms with Crippen molar-refractivity contribution in [3.63, 3.8) is 0 Å². The summed E-state index contributed by atoms with van der Waals surface area (Å²) in [6.07, 6.45) is 5.10. The number of benzene rings is 5. The van der Waals surface area contributed by atoms with Gasteiger partial charge in [-0.2, -0.15) is 17.2 Å². The van der Waals surface area contributed by atoms with Gasteiger partial charge in [-0.15, -0.1) is 47.3 Å². The maximum Gasteiger partial charge on any atom is 0.0678 e. The van der Waals surface area contributed by atoms with E-state index in [1.54, 1.807) is 0 Å². The summed E-state index contributed by atoms with van der Waals surface area (Å²) in [7, 11) is 0. The zero-order valence-corrected chi connectivity index (χ0v) is 29.9. The third-order valence-electron chi connectivity index (χ3n) is 8.93. The number of aryl methyl sites for hydroxylation is 1. The Morgan fingerprint density at radius 3 is 2.18 bits per heavy atom. The number of para-hydroxylation sites is 1. The van der Waals surface area contributed by atoms with Gasteiger partial charge in [-0.1, -0.05) is 105 Å². The molecule has 0 atom stereocenters. The molecule has 6 heteroatoms. The molecule has 49 heavy (non-hydrogen) atoms. The summed E-state index contributed by atoms with van der Waals surface area (Å²) < 4.78 is 10.5. The molecule has 0 saturated carbocycles. The van der Waals surface area contributed by atoms with Gasteiger partial charge < -0.3 is 14.3 Å². The van der Waals surface area contributed by atoms with Crippen molar-refractivity contribution in [2.45, 2.75) is 33.6 Å². The first kappa shape index (κ1) is 32.3. The summed E-state index contributed by atoms with van der Waals surface area (Å²) in [5, 5.41) is 7.15. The third-order valence-corrected chi connectivity index (χ3v) is 8.93. The SMILES string of the molecule is Cc1nn(-c2[c-]c(Oc3[c-]c4c(cc3)c3ccccc3n4-c3[c-]ncc(C(C)C)c3)ccc2)c(C)c1-c1ccc(-c2ccccc2)cc1.[Pt]. The van der Waals surface area contributed by atoms with Crippen molar-refractivity contribution in [3.8, 4) is 45.1 Å². The van der Waals surface area contributed by atoms with Crippen molar-refractivity contribution in [3.05, 3.63) is 157 Å². The molecular formula is C43H33N4OPt-3. The van der Waals surface area contributed by atoms with Crippen LogP contribution >= 0.6 is 0 Å². The molecule has 0 aliphatic heterocycles. The Bertz CT molecular complexity index is 2420. The van der Waals surface area contributed by atoms with Crippen LogP contribution in [0.1, 0.15) is 36.7 Å². The Balaban J connectivity index is 0.00000378. The standard InChI is InChI=1S/C43H33N4O.Pt/c1-28(2)34-23-36(27-44-26-34)46-41-16-9-8-15-39(41)40-22-21-38(25-42(40)46)48-37-14-10-13-35(24-37)47-30(4)43(29(3)45-47)33-19-17-32(18-20-33)31-11-6-5-7-12-31;/h5-23,26,28H,1-4H3;/q-3;. The van der Waals surface area contributed by atoms with E-state index in [-0.39, 0.29) is 21.1 Å². The Hall–Kier alpha value is -5.25. The summed E-state index contributed by atoms with van der Waals surface area (Å²) in [5.41, 5.74) is 11.5. The number of hydrogen-bond donors (Lipinski definition) is 0. The van der Waals surface area contributed by atoms with Crippen LogP contribution in [0.3, 0.4) is 0 Å². The predicted octanol–water partition coefficient (Wildman–Crippen LogP) is 10.6. The van der Waals surface area contributed by atoms with E-state index in [4.69, 9.17) is 9.84 Å². The molecule has 0 spiro atoms. The van der Waals surface area contributed by atoms with Crippen LogP contribution in [0.25, 0.3) is 55.4 Å². The molecule has 0 radical (unpaired) electrons. The van der Waals surface area contributed by atoms with Crippen LogP contribution in [0, 0.1) is 32.2 Å². The fraction of sp³-hybridized carbons (Fsp3) is 0.116. The number of rotatable bonds is 7. The smallest absolute Gasteiger partial charge is 0.0678 e. The van der Waals surface area contributed by atoms with Gasteiger partial charge in [0.05, 0.1) is 5.69 Å². The van der Waals surface area contributed by atoms with E-state index in [0.29, 0.717) is 17.4 Å². The Labute approximate surface area is 301 Å². The first-order valence-corrected chi connectivity index (χ1v) is 16.2. The van der Waals surface area contributed by atoms with Gasteiger partial charge in [0.25, 0.3) is 0 Å². The number of nitrogens with zero attached hydrogens (tertiary/aromatic N) is 4. The Morgan fingerprint density at radius 2 is 1.39 bits per heavy atom. The number of fused-ring (bicyclic) bond motifs is 3. The molecule has 3 aromatic heterocycles. The molecule has 0 saturated heterocycles. The summed E-state index contributed by atoms with van der Waals surface area (Å²) in [5.74, 6) is 1.53. The van der Waals surface area contributed by atoms with E-state index < -0.39 is 0 Å². The van der Waals surface area contributed by atoms with Crippen LogP contribution in [0.5, 0.6) is 11.5 Å². The zero-order chi connectivity index (χ0) is 32.8. The van der Waals surface area contributed by atoms with Gasteiger partial charge in [-0.3, -0.25) is 4.68 Å². The second kappa shape index (κ2) is 13.3. The van der Waals surface area contributed by atoms with E-state index in [1.807, 2.05) is 41.2 Å². The first-order valence-electron chi connectivity index (χ1n) is 16.2. The maximum atomic E-state index is 6.42. The van der Waals surface area contributed by atoms with Crippen LogP contribution < -0.4 is 4.74 Å². The fourth-order valence-corrected chi connectivity index (χ4v) is 6.51. The number of hydrogen-bond acceptors (Lipinski definition) is 3.